The lowest BCUT2D eigenvalue weighted by atomic mass is 10.1. The van der Waals surface area contributed by atoms with Crippen LogP contribution >= 0.6 is 22.9 Å². The Balaban J connectivity index is 1.74. The smallest absolute Gasteiger partial charge is 0.310 e. The summed E-state index contributed by atoms with van der Waals surface area (Å²) in [6.45, 7) is 3.58. The molecule has 1 aromatic carbocycles. The first-order valence-corrected chi connectivity index (χ1v) is 8.63. The van der Waals surface area contributed by atoms with Crippen LogP contribution in [0.4, 0.5) is 4.39 Å². The topological polar surface area (TPSA) is 72.0 Å². The van der Waals surface area contributed by atoms with Crippen LogP contribution in [0.15, 0.2) is 23.0 Å². The molecule has 25 heavy (non-hydrogen) atoms. The van der Waals surface area contributed by atoms with E-state index >= 15 is 0 Å². The van der Waals surface area contributed by atoms with Gasteiger partial charge in [-0.3, -0.25) is 9.59 Å². The Labute approximate surface area is 151 Å². The standard InChI is InChI=1S/C17H14ClFN2O3S/c1-8-9(2)25-17-15(8)16(23)20-13(21-17)7-24-14(22)6-10-11(18)4-3-5-12(10)19/h3-5H,6-7H2,1-2H3,(H,20,21,23). The molecule has 0 saturated heterocycles. The summed E-state index contributed by atoms with van der Waals surface area (Å²) in [6, 6.07) is 4.19. The van der Waals surface area contributed by atoms with E-state index in [1.807, 2.05) is 13.8 Å². The summed E-state index contributed by atoms with van der Waals surface area (Å²) in [4.78, 5) is 32.6. The Kier molecular flexibility index (Phi) is 4.87. The molecular formula is C17H14ClFN2O3S. The number of ether oxygens (including phenoxy) is 1. The maximum Gasteiger partial charge on any atom is 0.310 e. The fourth-order valence-electron chi connectivity index (χ4n) is 2.41. The zero-order valence-corrected chi connectivity index (χ0v) is 15.1. The average Bonchev–Trinajstić information content (AvgIpc) is 2.84. The highest BCUT2D eigenvalue weighted by Gasteiger charge is 2.15. The van der Waals surface area contributed by atoms with Crippen LogP contribution in [0.25, 0.3) is 10.2 Å². The minimum Gasteiger partial charge on any atom is -0.457 e. The van der Waals surface area contributed by atoms with Crippen molar-refractivity contribution in [2.24, 2.45) is 0 Å². The van der Waals surface area contributed by atoms with Gasteiger partial charge in [0.25, 0.3) is 5.56 Å². The van der Waals surface area contributed by atoms with E-state index < -0.39 is 11.8 Å². The fraction of sp³-hybridized carbons (Fsp3) is 0.235. The molecule has 0 fully saturated rings. The van der Waals surface area contributed by atoms with Crippen LogP contribution in [-0.2, 0) is 22.6 Å². The summed E-state index contributed by atoms with van der Waals surface area (Å²) in [6.07, 6.45) is -0.296. The molecule has 0 bridgehead atoms. The van der Waals surface area contributed by atoms with E-state index in [-0.39, 0.29) is 35.0 Å². The molecule has 2 aromatic heterocycles. The summed E-state index contributed by atoms with van der Waals surface area (Å²) in [5, 5.41) is 0.713. The maximum absolute atomic E-state index is 13.7. The van der Waals surface area contributed by atoms with Crippen molar-refractivity contribution in [3.8, 4) is 0 Å². The van der Waals surface area contributed by atoms with E-state index in [0.29, 0.717) is 10.2 Å². The first-order valence-electron chi connectivity index (χ1n) is 7.44. The normalized spacial score (nSPS) is 11.0. The second-order valence-corrected chi connectivity index (χ2v) is 7.12. The summed E-state index contributed by atoms with van der Waals surface area (Å²) < 4.78 is 18.8. The highest BCUT2D eigenvalue weighted by molar-refractivity contribution is 7.18. The Bertz CT molecular complexity index is 1010. The molecule has 0 aliphatic carbocycles. The van der Waals surface area contributed by atoms with Crippen molar-refractivity contribution in [1.82, 2.24) is 9.97 Å². The van der Waals surface area contributed by atoms with Crippen molar-refractivity contribution < 1.29 is 13.9 Å². The highest BCUT2D eigenvalue weighted by Crippen LogP contribution is 2.25. The van der Waals surface area contributed by atoms with Gasteiger partial charge in [0.15, 0.2) is 0 Å². The number of nitrogens with one attached hydrogen (secondary N) is 1. The predicted octanol–water partition coefficient (Wildman–Crippen LogP) is 3.68. The SMILES string of the molecule is Cc1sc2nc(COC(=O)Cc3c(F)cccc3Cl)[nH]c(=O)c2c1C. The minimum atomic E-state index is -0.659. The molecule has 2 heterocycles. The molecule has 0 aliphatic heterocycles. The Hall–Kier alpha value is -2.25. The van der Waals surface area contributed by atoms with Crippen molar-refractivity contribution in [1.29, 1.82) is 0 Å². The summed E-state index contributed by atoms with van der Waals surface area (Å²) in [7, 11) is 0. The monoisotopic (exact) mass is 380 g/mol. The predicted molar refractivity (Wildman–Crippen MR) is 94.6 cm³/mol. The third kappa shape index (κ3) is 3.57. The summed E-state index contributed by atoms with van der Waals surface area (Å²) in [5.74, 6) is -0.984. The van der Waals surface area contributed by atoms with E-state index in [0.717, 1.165) is 10.4 Å². The molecule has 130 valence electrons. The minimum absolute atomic E-state index is 0.0792. The highest BCUT2D eigenvalue weighted by atomic mass is 35.5. The average molecular weight is 381 g/mol. The van der Waals surface area contributed by atoms with Crippen molar-refractivity contribution in [3.63, 3.8) is 0 Å². The number of halogens is 2. The van der Waals surface area contributed by atoms with Gasteiger partial charge in [0.05, 0.1) is 11.8 Å². The molecule has 0 unspecified atom stereocenters. The van der Waals surface area contributed by atoms with Crippen LogP contribution in [0.1, 0.15) is 21.8 Å². The lowest BCUT2D eigenvalue weighted by Crippen LogP contribution is -2.15. The Morgan fingerprint density at radius 1 is 1.40 bits per heavy atom. The van der Waals surface area contributed by atoms with Gasteiger partial charge in [-0.2, -0.15) is 0 Å². The van der Waals surface area contributed by atoms with Gasteiger partial charge in [-0.05, 0) is 31.5 Å². The number of esters is 1. The molecule has 5 nitrogen and oxygen atoms in total. The van der Waals surface area contributed by atoms with Crippen LogP contribution in [0, 0.1) is 19.7 Å². The second kappa shape index (κ2) is 6.93. The Morgan fingerprint density at radius 3 is 2.88 bits per heavy atom. The molecule has 3 aromatic rings. The van der Waals surface area contributed by atoms with Gasteiger partial charge in [-0.15, -0.1) is 11.3 Å². The number of hydrogen-bond acceptors (Lipinski definition) is 5. The van der Waals surface area contributed by atoms with Crippen molar-refractivity contribution in [3.05, 3.63) is 61.2 Å². The largest absolute Gasteiger partial charge is 0.457 e. The molecule has 3 rings (SSSR count). The van der Waals surface area contributed by atoms with Gasteiger partial charge in [-0.25, -0.2) is 9.37 Å². The van der Waals surface area contributed by atoms with Crippen LogP contribution < -0.4 is 5.56 Å². The van der Waals surface area contributed by atoms with Crippen molar-refractivity contribution in [2.45, 2.75) is 26.9 Å². The molecular weight excluding hydrogens is 367 g/mol. The van der Waals surface area contributed by atoms with Crippen molar-refractivity contribution >= 4 is 39.1 Å². The number of thiophene rings is 1. The number of hydrogen-bond donors (Lipinski definition) is 1. The first kappa shape index (κ1) is 17.6. The van der Waals surface area contributed by atoms with Crippen LogP contribution in [-0.4, -0.2) is 15.9 Å². The molecule has 0 spiro atoms. The number of carbonyl (C=O) groups excluding carboxylic acids is 1. The van der Waals surface area contributed by atoms with E-state index in [4.69, 9.17) is 16.3 Å². The number of aromatic nitrogens is 2. The number of H-pyrrole nitrogens is 1. The lowest BCUT2D eigenvalue weighted by molar-refractivity contribution is -0.144. The van der Waals surface area contributed by atoms with E-state index in [2.05, 4.69) is 9.97 Å². The molecule has 8 heteroatoms. The Morgan fingerprint density at radius 2 is 2.16 bits per heavy atom. The quantitative estimate of drug-likeness (QED) is 0.701. The lowest BCUT2D eigenvalue weighted by Gasteiger charge is -2.07. The molecule has 1 N–H and O–H groups in total. The van der Waals surface area contributed by atoms with E-state index in [1.54, 1.807) is 0 Å². The third-order valence-electron chi connectivity index (χ3n) is 3.84. The van der Waals surface area contributed by atoms with Gasteiger partial charge >= 0.3 is 5.97 Å². The van der Waals surface area contributed by atoms with Gasteiger partial charge in [0.2, 0.25) is 0 Å². The van der Waals surface area contributed by atoms with E-state index in [9.17, 15) is 14.0 Å². The number of rotatable bonds is 4. The van der Waals surface area contributed by atoms with E-state index in [1.165, 1.54) is 29.5 Å². The van der Waals surface area contributed by atoms with Gasteiger partial charge in [0, 0.05) is 15.5 Å². The molecule has 0 amide bonds. The number of aromatic amines is 1. The summed E-state index contributed by atoms with van der Waals surface area (Å²) >= 11 is 7.30. The number of benzene rings is 1. The zero-order valence-electron chi connectivity index (χ0n) is 13.5. The van der Waals surface area contributed by atoms with Gasteiger partial charge in [0.1, 0.15) is 23.1 Å². The zero-order chi connectivity index (χ0) is 18.1. The number of aryl methyl sites for hydroxylation is 2. The van der Waals surface area contributed by atoms with Crippen LogP contribution in [0.2, 0.25) is 5.02 Å². The molecule has 0 atom stereocenters. The molecule has 0 saturated carbocycles. The van der Waals surface area contributed by atoms with Gasteiger partial charge in [-0.1, -0.05) is 17.7 Å². The number of nitrogens with zero attached hydrogens (tertiary/aromatic N) is 1. The number of carbonyl (C=O) groups is 1. The van der Waals surface area contributed by atoms with Crippen LogP contribution in [0.5, 0.6) is 0 Å². The second-order valence-electron chi connectivity index (χ2n) is 5.51. The maximum atomic E-state index is 13.7. The first-order chi connectivity index (χ1) is 11.9. The van der Waals surface area contributed by atoms with Crippen molar-refractivity contribution in [2.75, 3.05) is 0 Å². The molecule has 0 aliphatic rings. The van der Waals surface area contributed by atoms with Gasteiger partial charge < -0.3 is 9.72 Å². The summed E-state index contributed by atoms with van der Waals surface area (Å²) in [5.41, 5.74) is 0.706. The van der Waals surface area contributed by atoms with Crippen LogP contribution in [0.3, 0.4) is 0 Å². The fourth-order valence-corrected chi connectivity index (χ4v) is 3.69. The third-order valence-corrected chi connectivity index (χ3v) is 5.30. The number of fused-ring (bicyclic) bond motifs is 1. The molecule has 0 radical (unpaired) electrons.